The highest BCUT2D eigenvalue weighted by Crippen LogP contribution is 2.34. The van der Waals surface area contributed by atoms with Gasteiger partial charge in [-0.1, -0.05) is 24.3 Å². The Kier molecular flexibility index (Phi) is 5.40. The summed E-state index contributed by atoms with van der Waals surface area (Å²) < 4.78 is 5.19. The second kappa shape index (κ2) is 7.90. The van der Waals surface area contributed by atoms with Gasteiger partial charge in [0.05, 0.1) is 25.3 Å². The van der Waals surface area contributed by atoms with E-state index in [0.29, 0.717) is 12.1 Å². The summed E-state index contributed by atoms with van der Waals surface area (Å²) in [6.07, 6.45) is 0.215. The lowest BCUT2D eigenvalue weighted by Crippen LogP contribution is -2.27. The molecule has 0 radical (unpaired) electrons. The Bertz CT molecular complexity index is 860. The standard InChI is InChI=1S/C20H21N3O4/c1-27-16-8-4-14(5-9-16)18-12-17(13-2-6-15(21)7-3-13)22-23(18)19(24)10-11-20(25)26/h2-9,18H,10-12,21H2,1H3,(H,25,26). The average Bonchev–Trinajstić information content (AvgIpc) is 3.12. The molecule has 0 spiro atoms. The van der Waals surface area contributed by atoms with Crippen LogP contribution in [0, 0.1) is 0 Å². The van der Waals surface area contributed by atoms with E-state index in [2.05, 4.69) is 5.10 Å². The average molecular weight is 367 g/mol. The fourth-order valence-corrected chi connectivity index (χ4v) is 3.00. The van der Waals surface area contributed by atoms with Gasteiger partial charge < -0.3 is 15.6 Å². The van der Waals surface area contributed by atoms with Gasteiger partial charge in [0.1, 0.15) is 5.75 Å². The van der Waals surface area contributed by atoms with Crippen LogP contribution in [0.4, 0.5) is 5.69 Å². The van der Waals surface area contributed by atoms with E-state index in [9.17, 15) is 9.59 Å². The van der Waals surface area contributed by atoms with E-state index in [-0.39, 0.29) is 24.8 Å². The first-order valence-corrected chi connectivity index (χ1v) is 8.59. The number of nitrogens with two attached hydrogens (primary N) is 1. The van der Waals surface area contributed by atoms with Crippen molar-refractivity contribution in [2.45, 2.75) is 25.3 Å². The number of ether oxygens (including phenoxy) is 1. The summed E-state index contributed by atoms with van der Waals surface area (Å²) in [4.78, 5) is 23.4. The van der Waals surface area contributed by atoms with Crippen LogP contribution in [0.3, 0.4) is 0 Å². The molecule has 7 heteroatoms. The van der Waals surface area contributed by atoms with Crippen LogP contribution in [0.5, 0.6) is 5.75 Å². The van der Waals surface area contributed by atoms with Gasteiger partial charge in [-0.15, -0.1) is 0 Å². The van der Waals surface area contributed by atoms with E-state index < -0.39 is 5.97 Å². The number of benzene rings is 2. The van der Waals surface area contributed by atoms with E-state index in [0.717, 1.165) is 22.6 Å². The molecule has 1 heterocycles. The normalized spacial score (nSPS) is 16.1. The van der Waals surface area contributed by atoms with E-state index in [1.165, 1.54) is 5.01 Å². The molecule has 0 aromatic heterocycles. The fourth-order valence-electron chi connectivity index (χ4n) is 3.00. The highest BCUT2D eigenvalue weighted by Gasteiger charge is 2.33. The molecule has 1 aliphatic heterocycles. The monoisotopic (exact) mass is 367 g/mol. The van der Waals surface area contributed by atoms with Crippen molar-refractivity contribution < 1.29 is 19.4 Å². The van der Waals surface area contributed by atoms with Crippen molar-refractivity contribution in [3.8, 4) is 5.75 Å². The van der Waals surface area contributed by atoms with Crippen LogP contribution in [0.1, 0.15) is 36.4 Å². The SMILES string of the molecule is COc1ccc(C2CC(c3ccc(N)cc3)=NN2C(=O)CCC(=O)O)cc1. The van der Waals surface area contributed by atoms with Gasteiger partial charge >= 0.3 is 5.97 Å². The Morgan fingerprint density at radius 1 is 1.15 bits per heavy atom. The summed E-state index contributed by atoms with van der Waals surface area (Å²) in [6.45, 7) is 0. The van der Waals surface area contributed by atoms with Gasteiger partial charge in [-0.25, -0.2) is 5.01 Å². The van der Waals surface area contributed by atoms with Crippen LogP contribution in [0.15, 0.2) is 53.6 Å². The molecule has 1 atom stereocenters. The third-order valence-electron chi connectivity index (χ3n) is 4.46. The molecule has 3 rings (SSSR count). The summed E-state index contributed by atoms with van der Waals surface area (Å²) in [5, 5.41) is 14.8. The number of carboxylic acid groups (broad SMARTS) is 1. The van der Waals surface area contributed by atoms with E-state index in [1.54, 1.807) is 19.2 Å². The van der Waals surface area contributed by atoms with Crippen molar-refractivity contribution in [1.82, 2.24) is 5.01 Å². The Hall–Kier alpha value is -3.35. The van der Waals surface area contributed by atoms with E-state index in [1.807, 2.05) is 36.4 Å². The first kappa shape index (κ1) is 18.4. The number of amides is 1. The minimum atomic E-state index is -1.01. The zero-order chi connectivity index (χ0) is 19.4. The number of anilines is 1. The number of carboxylic acids is 1. The molecule has 7 nitrogen and oxygen atoms in total. The number of rotatable bonds is 6. The molecular weight excluding hydrogens is 346 g/mol. The second-order valence-corrected chi connectivity index (χ2v) is 6.29. The van der Waals surface area contributed by atoms with Crippen molar-refractivity contribution in [1.29, 1.82) is 0 Å². The van der Waals surface area contributed by atoms with Gasteiger partial charge in [0.25, 0.3) is 0 Å². The Labute approximate surface area is 157 Å². The Morgan fingerprint density at radius 3 is 2.41 bits per heavy atom. The van der Waals surface area contributed by atoms with Gasteiger partial charge in [0, 0.05) is 18.5 Å². The maximum atomic E-state index is 12.6. The molecule has 1 aliphatic rings. The molecule has 0 bridgehead atoms. The summed E-state index contributed by atoms with van der Waals surface area (Å²) in [5.74, 6) is -0.602. The lowest BCUT2D eigenvalue weighted by Gasteiger charge is -2.22. The van der Waals surface area contributed by atoms with Crippen molar-refractivity contribution in [3.05, 3.63) is 59.7 Å². The predicted molar refractivity (Wildman–Crippen MR) is 101 cm³/mol. The smallest absolute Gasteiger partial charge is 0.303 e. The molecule has 3 N–H and O–H groups in total. The minimum absolute atomic E-state index is 0.0967. The quantitative estimate of drug-likeness (QED) is 0.764. The van der Waals surface area contributed by atoms with Crippen LogP contribution in [0.2, 0.25) is 0 Å². The second-order valence-electron chi connectivity index (χ2n) is 6.29. The summed E-state index contributed by atoms with van der Waals surface area (Å²) in [6, 6.07) is 14.5. The van der Waals surface area contributed by atoms with Crippen LogP contribution in [-0.4, -0.2) is 34.8 Å². The molecule has 2 aromatic carbocycles. The summed E-state index contributed by atoms with van der Waals surface area (Å²) in [5.41, 5.74) is 8.95. The molecule has 140 valence electrons. The molecule has 1 amide bonds. The lowest BCUT2D eigenvalue weighted by molar-refractivity contribution is -0.141. The topological polar surface area (TPSA) is 105 Å². The lowest BCUT2D eigenvalue weighted by atomic mass is 9.98. The highest BCUT2D eigenvalue weighted by molar-refractivity contribution is 6.03. The first-order valence-electron chi connectivity index (χ1n) is 8.59. The maximum absolute atomic E-state index is 12.6. The molecular formula is C20H21N3O4. The van der Waals surface area contributed by atoms with Crippen molar-refractivity contribution >= 4 is 23.3 Å². The number of nitrogen functional groups attached to an aromatic ring is 1. The summed E-state index contributed by atoms with van der Waals surface area (Å²) >= 11 is 0. The van der Waals surface area contributed by atoms with Crippen molar-refractivity contribution in [2.75, 3.05) is 12.8 Å². The molecule has 1 unspecified atom stereocenters. The molecule has 0 fully saturated rings. The van der Waals surface area contributed by atoms with Gasteiger partial charge in [0.15, 0.2) is 0 Å². The predicted octanol–water partition coefficient (Wildman–Crippen LogP) is 2.82. The molecule has 0 aliphatic carbocycles. The number of nitrogens with zero attached hydrogens (tertiary/aromatic N) is 2. The van der Waals surface area contributed by atoms with Crippen LogP contribution < -0.4 is 10.5 Å². The van der Waals surface area contributed by atoms with Gasteiger partial charge in [-0.2, -0.15) is 5.10 Å². The number of hydrogen-bond acceptors (Lipinski definition) is 5. The zero-order valence-electron chi connectivity index (χ0n) is 15.0. The fraction of sp³-hybridized carbons (Fsp3) is 0.250. The number of methoxy groups -OCH3 is 1. The first-order chi connectivity index (χ1) is 13.0. The van der Waals surface area contributed by atoms with Crippen molar-refractivity contribution in [3.63, 3.8) is 0 Å². The van der Waals surface area contributed by atoms with Crippen LogP contribution in [-0.2, 0) is 9.59 Å². The van der Waals surface area contributed by atoms with Gasteiger partial charge in [-0.3, -0.25) is 9.59 Å². The summed E-state index contributed by atoms with van der Waals surface area (Å²) in [7, 11) is 1.59. The number of carbonyl (C=O) groups excluding carboxylic acids is 1. The number of hydrogen-bond donors (Lipinski definition) is 2. The van der Waals surface area contributed by atoms with Crippen molar-refractivity contribution in [2.24, 2.45) is 5.10 Å². The van der Waals surface area contributed by atoms with Gasteiger partial charge in [0.2, 0.25) is 5.91 Å². The largest absolute Gasteiger partial charge is 0.497 e. The molecule has 0 saturated carbocycles. The van der Waals surface area contributed by atoms with Crippen LogP contribution in [0.25, 0.3) is 0 Å². The zero-order valence-corrected chi connectivity index (χ0v) is 15.0. The van der Waals surface area contributed by atoms with E-state index >= 15 is 0 Å². The molecule has 2 aromatic rings. The van der Waals surface area contributed by atoms with E-state index in [4.69, 9.17) is 15.6 Å². The Morgan fingerprint density at radius 2 is 1.81 bits per heavy atom. The Balaban J connectivity index is 1.89. The number of aliphatic carboxylic acids is 1. The number of hydrazone groups is 1. The third kappa shape index (κ3) is 4.25. The molecule has 0 saturated heterocycles. The highest BCUT2D eigenvalue weighted by atomic mass is 16.5. The molecule has 27 heavy (non-hydrogen) atoms. The number of carbonyl (C=O) groups is 2. The third-order valence-corrected chi connectivity index (χ3v) is 4.46. The van der Waals surface area contributed by atoms with Gasteiger partial charge in [-0.05, 0) is 35.4 Å². The van der Waals surface area contributed by atoms with Crippen LogP contribution >= 0.6 is 0 Å². The minimum Gasteiger partial charge on any atom is -0.497 e. The maximum Gasteiger partial charge on any atom is 0.303 e.